The second-order valence-corrected chi connectivity index (χ2v) is 3.81. The molecule has 0 saturated carbocycles. The number of carbonyl (C=O) groups excluding carboxylic acids is 1. The summed E-state index contributed by atoms with van der Waals surface area (Å²) >= 11 is 0. The molecular weight excluding hydrogens is 220 g/mol. The fraction of sp³-hybridized carbons (Fsp3) is 0.167. The molecule has 0 fully saturated rings. The summed E-state index contributed by atoms with van der Waals surface area (Å²) in [6.45, 7) is 1.43. The molecule has 0 saturated heterocycles. The van der Waals surface area contributed by atoms with Crippen molar-refractivity contribution in [3.8, 4) is 0 Å². The SMILES string of the molecule is CC(NC(=O)c1ccc2[nH]ccc2c1)C(=O)O. The van der Waals surface area contributed by atoms with Crippen molar-refractivity contribution < 1.29 is 14.7 Å². The maximum absolute atomic E-state index is 11.7. The van der Waals surface area contributed by atoms with Gasteiger partial charge in [0.05, 0.1) is 0 Å². The van der Waals surface area contributed by atoms with Crippen LogP contribution in [0.1, 0.15) is 17.3 Å². The number of fused-ring (bicyclic) bond motifs is 1. The number of amides is 1. The summed E-state index contributed by atoms with van der Waals surface area (Å²) in [5.74, 6) is -1.44. The van der Waals surface area contributed by atoms with Crippen LogP contribution in [0.15, 0.2) is 30.5 Å². The third-order valence-corrected chi connectivity index (χ3v) is 2.53. The first-order chi connectivity index (χ1) is 8.08. The molecule has 0 aliphatic carbocycles. The number of benzene rings is 1. The van der Waals surface area contributed by atoms with Crippen molar-refractivity contribution in [1.29, 1.82) is 0 Å². The number of hydrogen-bond acceptors (Lipinski definition) is 2. The van der Waals surface area contributed by atoms with Gasteiger partial charge in [-0.05, 0) is 31.2 Å². The predicted octanol–water partition coefficient (Wildman–Crippen LogP) is 1.37. The number of carbonyl (C=O) groups is 2. The Hall–Kier alpha value is -2.30. The molecule has 0 aliphatic rings. The van der Waals surface area contributed by atoms with Gasteiger partial charge in [-0.15, -0.1) is 0 Å². The van der Waals surface area contributed by atoms with Crippen molar-refractivity contribution in [2.24, 2.45) is 0 Å². The minimum absolute atomic E-state index is 0.386. The molecule has 88 valence electrons. The average Bonchev–Trinajstić information content (AvgIpc) is 2.75. The normalized spacial score (nSPS) is 12.3. The van der Waals surface area contributed by atoms with Crippen LogP contribution in [-0.4, -0.2) is 28.0 Å². The maximum atomic E-state index is 11.7. The Morgan fingerprint density at radius 2 is 2.12 bits per heavy atom. The summed E-state index contributed by atoms with van der Waals surface area (Å²) in [5.41, 5.74) is 1.39. The lowest BCUT2D eigenvalue weighted by atomic mass is 10.1. The highest BCUT2D eigenvalue weighted by Gasteiger charge is 2.15. The van der Waals surface area contributed by atoms with Crippen LogP contribution >= 0.6 is 0 Å². The first kappa shape index (κ1) is 11.2. The fourth-order valence-electron chi connectivity index (χ4n) is 1.54. The van der Waals surface area contributed by atoms with Gasteiger partial charge in [-0.25, -0.2) is 0 Å². The predicted molar refractivity (Wildman–Crippen MR) is 62.9 cm³/mol. The van der Waals surface area contributed by atoms with E-state index in [0.29, 0.717) is 5.56 Å². The van der Waals surface area contributed by atoms with Gasteiger partial charge in [0.1, 0.15) is 6.04 Å². The van der Waals surface area contributed by atoms with Crippen molar-refractivity contribution in [2.75, 3.05) is 0 Å². The number of carboxylic acid groups (broad SMARTS) is 1. The molecule has 5 heteroatoms. The topological polar surface area (TPSA) is 82.2 Å². The number of aromatic amines is 1. The molecular formula is C12H12N2O3. The molecule has 1 atom stereocenters. The van der Waals surface area contributed by atoms with Gasteiger partial charge >= 0.3 is 5.97 Å². The van der Waals surface area contributed by atoms with Crippen molar-refractivity contribution in [3.05, 3.63) is 36.0 Å². The van der Waals surface area contributed by atoms with Gasteiger partial charge in [-0.1, -0.05) is 0 Å². The first-order valence-electron chi connectivity index (χ1n) is 5.19. The molecule has 1 unspecified atom stereocenters. The molecule has 0 aliphatic heterocycles. The third kappa shape index (κ3) is 2.28. The Morgan fingerprint density at radius 3 is 2.82 bits per heavy atom. The summed E-state index contributed by atoms with van der Waals surface area (Å²) in [6.07, 6.45) is 1.78. The third-order valence-electron chi connectivity index (χ3n) is 2.53. The van der Waals surface area contributed by atoms with Crippen molar-refractivity contribution >= 4 is 22.8 Å². The summed E-state index contributed by atoms with van der Waals surface area (Å²) < 4.78 is 0. The van der Waals surface area contributed by atoms with Gasteiger partial charge in [0.2, 0.25) is 0 Å². The van der Waals surface area contributed by atoms with E-state index in [1.165, 1.54) is 6.92 Å². The summed E-state index contributed by atoms with van der Waals surface area (Å²) in [4.78, 5) is 25.4. The zero-order chi connectivity index (χ0) is 12.4. The van der Waals surface area contributed by atoms with Crippen LogP contribution in [0.2, 0.25) is 0 Å². The van der Waals surface area contributed by atoms with Crippen LogP contribution in [0.4, 0.5) is 0 Å². The van der Waals surface area contributed by atoms with E-state index in [-0.39, 0.29) is 5.91 Å². The Bertz CT molecular complexity index is 574. The molecule has 1 aromatic heterocycles. The Morgan fingerprint density at radius 1 is 1.35 bits per heavy atom. The number of aromatic nitrogens is 1. The molecule has 0 bridgehead atoms. The second kappa shape index (κ2) is 4.29. The lowest BCUT2D eigenvalue weighted by Crippen LogP contribution is -2.38. The molecule has 2 aromatic rings. The smallest absolute Gasteiger partial charge is 0.325 e. The van der Waals surface area contributed by atoms with E-state index in [1.807, 2.05) is 6.07 Å². The maximum Gasteiger partial charge on any atom is 0.325 e. The highest BCUT2D eigenvalue weighted by Crippen LogP contribution is 2.14. The molecule has 1 amide bonds. The van der Waals surface area contributed by atoms with E-state index in [9.17, 15) is 9.59 Å². The summed E-state index contributed by atoms with van der Waals surface area (Å²) in [6, 6.07) is 6.12. The van der Waals surface area contributed by atoms with Crippen LogP contribution in [0, 0.1) is 0 Å². The zero-order valence-electron chi connectivity index (χ0n) is 9.23. The van der Waals surface area contributed by atoms with Crippen molar-refractivity contribution in [3.63, 3.8) is 0 Å². The van der Waals surface area contributed by atoms with Crippen LogP contribution in [-0.2, 0) is 4.79 Å². The van der Waals surface area contributed by atoms with Gasteiger partial charge < -0.3 is 15.4 Å². The molecule has 5 nitrogen and oxygen atoms in total. The van der Waals surface area contributed by atoms with Gasteiger partial charge in [-0.2, -0.15) is 0 Å². The minimum atomic E-state index is -1.05. The Balaban J connectivity index is 2.21. The second-order valence-electron chi connectivity index (χ2n) is 3.81. The minimum Gasteiger partial charge on any atom is -0.480 e. The van der Waals surface area contributed by atoms with Crippen molar-refractivity contribution in [1.82, 2.24) is 10.3 Å². The van der Waals surface area contributed by atoms with Crippen LogP contribution < -0.4 is 5.32 Å². The molecule has 0 radical (unpaired) electrons. The zero-order valence-corrected chi connectivity index (χ0v) is 9.23. The molecule has 0 spiro atoms. The fourth-order valence-corrected chi connectivity index (χ4v) is 1.54. The van der Waals surface area contributed by atoms with Crippen molar-refractivity contribution in [2.45, 2.75) is 13.0 Å². The molecule has 2 rings (SSSR count). The average molecular weight is 232 g/mol. The summed E-state index contributed by atoms with van der Waals surface area (Å²) in [7, 11) is 0. The number of hydrogen-bond donors (Lipinski definition) is 3. The van der Waals surface area contributed by atoms with Gasteiger partial charge in [-0.3, -0.25) is 9.59 Å². The van der Waals surface area contributed by atoms with Crippen LogP contribution in [0.3, 0.4) is 0 Å². The molecule has 3 N–H and O–H groups in total. The lowest BCUT2D eigenvalue weighted by molar-refractivity contribution is -0.138. The Kier molecular flexibility index (Phi) is 2.82. The number of nitrogens with one attached hydrogen (secondary N) is 2. The highest BCUT2D eigenvalue weighted by molar-refractivity contribution is 5.99. The quantitative estimate of drug-likeness (QED) is 0.747. The lowest BCUT2D eigenvalue weighted by Gasteiger charge is -2.09. The van der Waals surface area contributed by atoms with Gasteiger partial charge in [0.15, 0.2) is 0 Å². The Labute approximate surface area is 97.4 Å². The van der Waals surface area contributed by atoms with Gasteiger partial charge in [0, 0.05) is 22.7 Å². The largest absolute Gasteiger partial charge is 0.480 e. The number of aliphatic carboxylic acids is 1. The summed E-state index contributed by atoms with van der Waals surface area (Å²) in [5, 5.41) is 12.0. The molecule has 1 aromatic carbocycles. The van der Waals surface area contributed by atoms with E-state index >= 15 is 0 Å². The van der Waals surface area contributed by atoms with E-state index in [2.05, 4.69) is 10.3 Å². The van der Waals surface area contributed by atoms with Crippen LogP contribution in [0.25, 0.3) is 10.9 Å². The van der Waals surface area contributed by atoms with Crippen LogP contribution in [0.5, 0.6) is 0 Å². The molecule has 1 heterocycles. The number of carboxylic acids is 1. The van der Waals surface area contributed by atoms with E-state index in [1.54, 1.807) is 24.4 Å². The number of H-pyrrole nitrogens is 1. The first-order valence-corrected chi connectivity index (χ1v) is 5.19. The standard InChI is InChI=1S/C12H12N2O3/c1-7(12(16)17)14-11(15)9-2-3-10-8(6-9)4-5-13-10/h2-7,13H,1H3,(H,14,15)(H,16,17). The van der Waals surface area contributed by atoms with E-state index < -0.39 is 12.0 Å². The molecule has 17 heavy (non-hydrogen) atoms. The van der Waals surface area contributed by atoms with E-state index in [4.69, 9.17) is 5.11 Å². The number of rotatable bonds is 3. The highest BCUT2D eigenvalue weighted by atomic mass is 16.4. The van der Waals surface area contributed by atoms with Gasteiger partial charge in [0.25, 0.3) is 5.91 Å². The van der Waals surface area contributed by atoms with E-state index in [0.717, 1.165) is 10.9 Å². The monoisotopic (exact) mass is 232 g/mol.